The van der Waals surface area contributed by atoms with Crippen LogP contribution in [-0.2, 0) is 14.4 Å². The molecule has 2 rings (SSSR count). The van der Waals surface area contributed by atoms with Gasteiger partial charge < -0.3 is 20.5 Å². The molecule has 2 aromatic rings. The second-order valence-corrected chi connectivity index (χ2v) is 5.77. The van der Waals surface area contributed by atoms with Crippen molar-refractivity contribution in [1.29, 1.82) is 0 Å². The quantitative estimate of drug-likeness (QED) is 0.363. The lowest BCUT2D eigenvalue weighted by Crippen LogP contribution is -2.32. The number of carbonyl (C=O) groups is 3. The lowest BCUT2D eigenvalue weighted by molar-refractivity contribution is -0.136. The average molecular weight is 405 g/mol. The topological polar surface area (TPSA) is 132 Å². The molecule has 2 aromatic carbocycles. The van der Waals surface area contributed by atoms with Crippen LogP contribution < -0.4 is 25.9 Å². The van der Waals surface area contributed by atoms with Crippen LogP contribution in [0.4, 0.5) is 5.69 Å². The molecule has 4 N–H and O–H groups in total. The van der Waals surface area contributed by atoms with E-state index in [1.54, 1.807) is 36.4 Å². The second-order valence-electron chi connectivity index (χ2n) is 5.33. The molecule has 10 heteroatoms. The van der Waals surface area contributed by atoms with Crippen LogP contribution in [0.15, 0.2) is 47.6 Å². The predicted octanol–water partition coefficient (Wildman–Crippen LogP) is 1.30. The molecule has 3 amide bonds. The van der Waals surface area contributed by atoms with E-state index >= 15 is 0 Å². The molecule has 0 unspecified atom stereocenters. The van der Waals surface area contributed by atoms with Gasteiger partial charge in [0.2, 0.25) is 0 Å². The fourth-order valence-corrected chi connectivity index (χ4v) is 2.19. The van der Waals surface area contributed by atoms with Gasteiger partial charge in [0, 0.05) is 10.7 Å². The average Bonchev–Trinajstić information content (AvgIpc) is 2.66. The number of ether oxygens (including phenoxy) is 2. The Labute approximate surface area is 165 Å². The van der Waals surface area contributed by atoms with Gasteiger partial charge in [0.15, 0.2) is 18.1 Å². The second kappa shape index (κ2) is 9.93. The number of nitrogens with zero attached hydrogens (tertiary/aromatic N) is 1. The summed E-state index contributed by atoms with van der Waals surface area (Å²) in [6.07, 6.45) is 1.31. The molecule has 9 nitrogen and oxygen atoms in total. The van der Waals surface area contributed by atoms with Crippen LogP contribution in [0.5, 0.6) is 11.5 Å². The highest BCUT2D eigenvalue weighted by atomic mass is 35.5. The van der Waals surface area contributed by atoms with E-state index in [2.05, 4.69) is 15.8 Å². The summed E-state index contributed by atoms with van der Waals surface area (Å²) in [5.74, 6) is -1.80. The minimum atomic E-state index is -0.954. The van der Waals surface area contributed by atoms with Gasteiger partial charge in [-0.2, -0.15) is 5.10 Å². The number of hydrazone groups is 1. The Morgan fingerprint density at radius 3 is 2.61 bits per heavy atom. The number of benzene rings is 2. The standard InChI is InChI=1S/C18H17ClN4O5/c1-27-15-7-11(5-6-14(15)28-10-16(20)24)9-21-23-18(26)17(25)22-13-4-2-3-12(19)8-13/h2-9H,10H2,1H3,(H2,20,24)(H,22,25)(H,23,26)/b21-9-. The number of methoxy groups -OCH3 is 1. The zero-order valence-corrected chi connectivity index (χ0v) is 15.5. The summed E-state index contributed by atoms with van der Waals surface area (Å²) in [4.78, 5) is 34.4. The Hall–Kier alpha value is -3.59. The molecule has 0 saturated carbocycles. The Balaban J connectivity index is 1.94. The van der Waals surface area contributed by atoms with E-state index in [-0.39, 0.29) is 6.61 Å². The largest absolute Gasteiger partial charge is 0.493 e. The smallest absolute Gasteiger partial charge is 0.329 e. The third-order valence-corrected chi connectivity index (χ3v) is 3.46. The SMILES string of the molecule is COc1cc(/C=N\NC(=O)C(=O)Nc2cccc(Cl)c2)ccc1OCC(N)=O. The molecule has 0 aliphatic carbocycles. The van der Waals surface area contributed by atoms with E-state index in [1.807, 2.05) is 0 Å². The van der Waals surface area contributed by atoms with Crippen LogP contribution in [0, 0.1) is 0 Å². The highest BCUT2D eigenvalue weighted by molar-refractivity contribution is 6.39. The van der Waals surface area contributed by atoms with E-state index < -0.39 is 17.7 Å². The molecule has 28 heavy (non-hydrogen) atoms. The maximum Gasteiger partial charge on any atom is 0.329 e. The number of primary amides is 1. The maximum atomic E-state index is 11.8. The molecule has 0 aliphatic heterocycles. The van der Waals surface area contributed by atoms with Crippen molar-refractivity contribution < 1.29 is 23.9 Å². The monoisotopic (exact) mass is 404 g/mol. The van der Waals surface area contributed by atoms with Gasteiger partial charge in [-0.15, -0.1) is 0 Å². The number of carbonyl (C=O) groups excluding carboxylic acids is 3. The molecular weight excluding hydrogens is 388 g/mol. The van der Waals surface area contributed by atoms with Crippen molar-refractivity contribution >= 4 is 41.2 Å². The molecule has 0 saturated heterocycles. The van der Waals surface area contributed by atoms with E-state index in [0.29, 0.717) is 27.8 Å². The van der Waals surface area contributed by atoms with Crippen molar-refractivity contribution in [3.05, 3.63) is 53.1 Å². The lowest BCUT2D eigenvalue weighted by Gasteiger charge is -2.09. The Kier molecular flexibility index (Phi) is 7.35. The zero-order chi connectivity index (χ0) is 20.5. The molecule has 0 heterocycles. The summed E-state index contributed by atoms with van der Waals surface area (Å²) in [7, 11) is 1.43. The van der Waals surface area contributed by atoms with Crippen LogP contribution in [0.3, 0.4) is 0 Å². The van der Waals surface area contributed by atoms with Gasteiger partial charge >= 0.3 is 11.8 Å². The predicted molar refractivity (Wildman–Crippen MR) is 104 cm³/mol. The first-order valence-electron chi connectivity index (χ1n) is 7.88. The van der Waals surface area contributed by atoms with Crippen molar-refractivity contribution in [2.45, 2.75) is 0 Å². The Bertz CT molecular complexity index is 917. The van der Waals surface area contributed by atoms with Crippen LogP contribution in [0.25, 0.3) is 0 Å². The number of nitrogens with one attached hydrogen (secondary N) is 2. The van der Waals surface area contributed by atoms with E-state index in [0.717, 1.165) is 0 Å². The first-order valence-corrected chi connectivity index (χ1v) is 8.26. The van der Waals surface area contributed by atoms with Gasteiger partial charge in [0.05, 0.1) is 13.3 Å². The number of rotatable bonds is 7. The normalized spacial score (nSPS) is 10.4. The molecule has 0 atom stereocenters. The maximum absolute atomic E-state index is 11.8. The summed E-state index contributed by atoms with van der Waals surface area (Å²) in [5.41, 5.74) is 8.08. The summed E-state index contributed by atoms with van der Waals surface area (Å²) < 4.78 is 10.4. The van der Waals surface area contributed by atoms with Crippen molar-refractivity contribution in [3.8, 4) is 11.5 Å². The third kappa shape index (κ3) is 6.29. The fraction of sp³-hybridized carbons (Fsp3) is 0.111. The summed E-state index contributed by atoms with van der Waals surface area (Å²) in [6, 6.07) is 11.1. The van der Waals surface area contributed by atoms with E-state index in [4.69, 9.17) is 26.8 Å². The van der Waals surface area contributed by atoms with Gasteiger partial charge in [-0.3, -0.25) is 14.4 Å². The highest BCUT2D eigenvalue weighted by Gasteiger charge is 2.13. The molecule has 0 spiro atoms. The third-order valence-electron chi connectivity index (χ3n) is 3.23. The number of halogens is 1. The van der Waals surface area contributed by atoms with Crippen LogP contribution in [-0.4, -0.2) is 37.7 Å². The van der Waals surface area contributed by atoms with Crippen LogP contribution >= 0.6 is 11.6 Å². The fourth-order valence-electron chi connectivity index (χ4n) is 2.00. The minimum absolute atomic E-state index is 0.290. The van der Waals surface area contributed by atoms with Crippen LogP contribution in [0.1, 0.15) is 5.56 Å². The summed E-state index contributed by atoms with van der Waals surface area (Å²) in [6.45, 7) is -0.290. The molecule has 0 bridgehead atoms. The molecule has 0 fully saturated rings. The zero-order valence-electron chi connectivity index (χ0n) is 14.8. The summed E-state index contributed by atoms with van der Waals surface area (Å²) >= 11 is 5.81. The molecular formula is C18H17ClN4O5. The number of anilines is 1. The first kappa shape index (κ1) is 20.7. The van der Waals surface area contributed by atoms with Gasteiger partial charge in [0.25, 0.3) is 5.91 Å². The number of amides is 3. The Morgan fingerprint density at radius 2 is 1.93 bits per heavy atom. The van der Waals surface area contributed by atoms with Crippen LogP contribution in [0.2, 0.25) is 5.02 Å². The lowest BCUT2D eigenvalue weighted by atomic mass is 10.2. The van der Waals surface area contributed by atoms with Crippen molar-refractivity contribution in [2.24, 2.45) is 10.8 Å². The van der Waals surface area contributed by atoms with E-state index in [1.165, 1.54) is 19.4 Å². The highest BCUT2D eigenvalue weighted by Crippen LogP contribution is 2.27. The number of hydrogen-bond acceptors (Lipinski definition) is 6. The molecule has 0 aromatic heterocycles. The Morgan fingerprint density at radius 1 is 1.14 bits per heavy atom. The minimum Gasteiger partial charge on any atom is -0.493 e. The molecule has 146 valence electrons. The van der Waals surface area contributed by atoms with Crippen molar-refractivity contribution in [1.82, 2.24) is 5.43 Å². The summed E-state index contributed by atoms with van der Waals surface area (Å²) in [5, 5.41) is 6.54. The van der Waals surface area contributed by atoms with Gasteiger partial charge in [-0.05, 0) is 42.0 Å². The molecule has 0 radical (unpaired) electrons. The van der Waals surface area contributed by atoms with Crippen molar-refractivity contribution in [3.63, 3.8) is 0 Å². The molecule has 0 aliphatic rings. The van der Waals surface area contributed by atoms with E-state index in [9.17, 15) is 14.4 Å². The van der Waals surface area contributed by atoms with Gasteiger partial charge in [-0.1, -0.05) is 17.7 Å². The number of hydrogen-bond donors (Lipinski definition) is 3. The van der Waals surface area contributed by atoms with Gasteiger partial charge in [-0.25, -0.2) is 5.43 Å². The van der Waals surface area contributed by atoms with Gasteiger partial charge in [0.1, 0.15) is 0 Å². The number of nitrogens with two attached hydrogens (primary N) is 1. The first-order chi connectivity index (χ1) is 13.4. The van der Waals surface area contributed by atoms with Crippen molar-refractivity contribution in [2.75, 3.05) is 19.0 Å².